The minimum absolute atomic E-state index is 0.00687. The van der Waals surface area contributed by atoms with Crippen LogP contribution in [0.5, 0.6) is 0 Å². The van der Waals surface area contributed by atoms with Gasteiger partial charge in [-0.15, -0.1) is 0 Å². The van der Waals surface area contributed by atoms with Crippen LogP contribution in [0.4, 0.5) is 5.69 Å². The number of hydrogen-bond donors (Lipinski definition) is 2. The fraction of sp³-hybridized carbons (Fsp3) is 0.444. The van der Waals surface area contributed by atoms with Gasteiger partial charge < -0.3 is 10.1 Å². The highest BCUT2D eigenvalue weighted by Crippen LogP contribution is 2.16. The molecule has 0 aliphatic rings. The molecule has 0 aliphatic carbocycles. The van der Waals surface area contributed by atoms with Gasteiger partial charge in [-0.3, -0.25) is 14.4 Å². The van der Waals surface area contributed by atoms with Crippen molar-refractivity contribution in [2.45, 2.75) is 47.0 Å². The minimum atomic E-state index is -0.397. The summed E-state index contributed by atoms with van der Waals surface area (Å²) in [4.78, 5) is 34.9. The van der Waals surface area contributed by atoms with Gasteiger partial charge in [0.25, 0.3) is 0 Å². The summed E-state index contributed by atoms with van der Waals surface area (Å²) in [5.74, 6) is -1.03. The summed E-state index contributed by atoms with van der Waals surface area (Å²) in [5, 5.41) is 6.60. The summed E-state index contributed by atoms with van der Waals surface area (Å²) >= 11 is 0. The number of amides is 2. The Bertz CT molecular complexity index is 668. The smallest absolute Gasteiger partial charge is 0.311 e. The summed E-state index contributed by atoms with van der Waals surface area (Å²) in [6, 6.07) is 5.73. The molecule has 0 saturated carbocycles. The Labute approximate surface area is 147 Å². The van der Waals surface area contributed by atoms with Crippen LogP contribution >= 0.6 is 0 Å². The second-order valence-electron chi connectivity index (χ2n) is 5.73. The number of benzene rings is 1. The predicted molar refractivity (Wildman–Crippen MR) is 96.3 cm³/mol. The van der Waals surface area contributed by atoms with Crippen molar-refractivity contribution in [1.82, 2.24) is 5.43 Å². The molecule has 1 rings (SSSR count). The summed E-state index contributed by atoms with van der Waals surface area (Å²) in [6.45, 7) is 7.52. The summed E-state index contributed by atoms with van der Waals surface area (Å²) in [5.41, 5.74) is 5.59. The van der Waals surface area contributed by atoms with Gasteiger partial charge >= 0.3 is 5.97 Å². The molecule has 1 aromatic carbocycles. The van der Waals surface area contributed by atoms with Gasteiger partial charge in [0.1, 0.15) is 0 Å². The molecule has 0 atom stereocenters. The SMILES string of the molecule is CCOC(=O)C/C(C)=N\NC(=O)CCC(=O)Nc1ccc(C)cc1C. The molecule has 7 heteroatoms. The first-order valence-corrected chi connectivity index (χ1v) is 8.16. The molecule has 0 saturated heterocycles. The standard InChI is InChI=1S/C18H25N3O4/c1-5-25-18(24)11-14(4)20-21-17(23)9-8-16(22)19-15-7-6-12(2)10-13(15)3/h6-7,10H,5,8-9,11H2,1-4H3,(H,19,22)(H,21,23)/b20-14-. The molecule has 0 aliphatic heterocycles. The monoisotopic (exact) mass is 347 g/mol. The van der Waals surface area contributed by atoms with E-state index in [1.165, 1.54) is 0 Å². The van der Waals surface area contributed by atoms with E-state index in [9.17, 15) is 14.4 Å². The molecular formula is C18H25N3O4. The van der Waals surface area contributed by atoms with Crippen LogP contribution in [0, 0.1) is 13.8 Å². The number of rotatable bonds is 8. The number of carbonyl (C=O) groups excluding carboxylic acids is 3. The molecule has 0 bridgehead atoms. The van der Waals surface area contributed by atoms with Gasteiger partial charge in [0.05, 0.1) is 13.0 Å². The molecule has 0 heterocycles. The number of ether oxygens (including phenoxy) is 1. The van der Waals surface area contributed by atoms with E-state index in [2.05, 4.69) is 15.8 Å². The van der Waals surface area contributed by atoms with E-state index in [0.29, 0.717) is 12.3 Å². The van der Waals surface area contributed by atoms with Gasteiger partial charge in [-0.05, 0) is 39.3 Å². The van der Waals surface area contributed by atoms with Crippen molar-refractivity contribution < 1.29 is 19.1 Å². The zero-order valence-corrected chi connectivity index (χ0v) is 15.1. The van der Waals surface area contributed by atoms with E-state index < -0.39 is 5.97 Å². The van der Waals surface area contributed by atoms with Gasteiger partial charge in [0.15, 0.2) is 0 Å². The lowest BCUT2D eigenvalue weighted by atomic mass is 10.1. The lowest BCUT2D eigenvalue weighted by Gasteiger charge is -2.09. The van der Waals surface area contributed by atoms with Crippen molar-refractivity contribution in [2.24, 2.45) is 5.10 Å². The maximum Gasteiger partial charge on any atom is 0.311 e. The third kappa shape index (κ3) is 8.10. The molecule has 1 aromatic rings. The highest BCUT2D eigenvalue weighted by atomic mass is 16.5. The predicted octanol–water partition coefficient (Wildman–Crippen LogP) is 2.47. The third-order valence-electron chi connectivity index (χ3n) is 3.31. The molecule has 0 aromatic heterocycles. The molecule has 0 unspecified atom stereocenters. The Hall–Kier alpha value is -2.70. The second-order valence-corrected chi connectivity index (χ2v) is 5.73. The van der Waals surface area contributed by atoms with Gasteiger partial charge in [0.2, 0.25) is 11.8 Å². The minimum Gasteiger partial charge on any atom is -0.466 e. The van der Waals surface area contributed by atoms with Crippen LogP contribution in [0.25, 0.3) is 0 Å². The van der Waals surface area contributed by atoms with Crippen LogP contribution in [-0.2, 0) is 19.1 Å². The maximum absolute atomic E-state index is 11.9. The lowest BCUT2D eigenvalue weighted by molar-refractivity contribution is -0.141. The molecule has 25 heavy (non-hydrogen) atoms. The van der Waals surface area contributed by atoms with E-state index >= 15 is 0 Å². The van der Waals surface area contributed by atoms with Crippen LogP contribution in [0.2, 0.25) is 0 Å². The third-order valence-corrected chi connectivity index (χ3v) is 3.31. The Morgan fingerprint density at radius 2 is 1.80 bits per heavy atom. The molecule has 136 valence electrons. The van der Waals surface area contributed by atoms with Gasteiger partial charge in [-0.1, -0.05) is 17.7 Å². The first kappa shape index (κ1) is 20.3. The number of hydrogen-bond acceptors (Lipinski definition) is 5. The molecular weight excluding hydrogens is 322 g/mol. The number of hydrazone groups is 1. The van der Waals surface area contributed by atoms with Gasteiger partial charge in [-0.2, -0.15) is 5.10 Å². The Morgan fingerprint density at radius 3 is 2.44 bits per heavy atom. The van der Waals surface area contributed by atoms with E-state index in [0.717, 1.165) is 16.8 Å². The number of carbonyl (C=O) groups is 3. The molecule has 7 nitrogen and oxygen atoms in total. The van der Waals surface area contributed by atoms with Crippen molar-refractivity contribution in [3.8, 4) is 0 Å². The fourth-order valence-electron chi connectivity index (χ4n) is 2.07. The van der Waals surface area contributed by atoms with Crippen molar-refractivity contribution in [3.63, 3.8) is 0 Å². The number of nitrogens with zero attached hydrogens (tertiary/aromatic N) is 1. The number of nitrogens with one attached hydrogen (secondary N) is 2. The zero-order chi connectivity index (χ0) is 18.8. The second kappa shape index (κ2) is 10.2. The molecule has 0 spiro atoms. The highest BCUT2D eigenvalue weighted by Gasteiger charge is 2.09. The number of anilines is 1. The molecule has 2 N–H and O–H groups in total. The summed E-state index contributed by atoms with van der Waals surface area (Å²) < 4.78 is 4.79. The van der Waals surface area contributed by atoms with Crippen LogP contribution in [0.1, 0.15) is 44.2 Å². The van der Waals surface area contributed by atoms with E-state index in [1.54, 1.807) is 13.8 Å². The van der Waals surface area contributed by atoms with E-state index in [4.69, 9.17) is 4.74 Å². The topological polar surface area (TPSA) is 96.9 Å². The normalized spacial score (nSPS) is 11.0. The first-order valence-electron chi connectivity index (χ1n) is 8.16. The van der Waals surface area contributed by atoms with E-state index in [-0.39, 0.29) is 31.1 Å². The fourth-order valence-corrected chi connectivity index (χ4v) is 2.07. The summed E-state index contributed by atoms with van der Waals surface area (Å²) in [7, 11) is 0. The van der Waals surface area contributed by atoms with Crippen molar-refractivity contribution in [1.29, 1.82) is 0 Å². The number of aryl methyl sites for hydroxylation is 2. The summed E-state index contributed by atoms with van der Waals surface area (Å²) in [6.07, 6.45) is 0.0693. The quantitative estimate of drug-likeness (QED) is 0.429. The van der Waals surface area contributed by atoms with Crippen LogP contribution in [0.15, 0.2) is 23.3 Å². The molecule has 2 amide bonds. The van der Waals surface area contributed by atoms with Crippen molar-refractivity contribution in [3.05, 3.63) is 29.3 Å². The molecule has 0 radical (unpaired) electrons. The van der Waals surface area contributed by atoms with Crippen molar-refractivity contribution in [2.75, 3.05) is 11.9 Å². The Balaban J connectivity index is 2.38. The first-order chi connectivity index (χ1) is 11.8. The van der Waals surface area contributed by atoms with E-state index in [1.807, 2.05) is 32.0 Å². The lowest BCUT2D eigenvalue weighted by Crippen LogP contribution is -2.22. The van der Waals surface area contributed by atoms with Crippen molar-refractivity contribution >= 4 is 29.2 Å². The zero-order valence-electron chi connectivity index (χ0n) is 15.1. The Morgan fingerprint density at radius 1 is 1.12 bits per heavy atom. The molecule has 0 fully saturated rings. The Kier molecular flexibility index (Phi) is 8.32. The van der Waals surface area contributed by atoms with Crippen LogP contribution in [0.3, 0.4) is 0 Å². The average Bonchev–Trinajstić information content (AvgIpc) is 2.54. The van der Waals surface area contributed by atoms with Gasteiger partial charge in [0, 0.05) is 24.2 Å². The van der Waals surface area contributed by atoms with Crippen LogP contribution in [-0.4, -0.2) is 30.1 Å². The average molecular weight is 347 g/mol. The highest BCUT2D eigenvalue weighted by molar-refractivity contribution is 5.98. The van der Waals surface area contributed by atoms with Crippen LogP contribution < -0.4 is 10.7 Å². The van der Waals surface area contributed by atoms with Gasteiger partial charge in [-0.25, -0.2) is 5.43 Å². The maximum atomic E-state index is 11.9. The largest absolute Gasteiger partial charge is 0.466 e. The number of esters is 1.